The van der Waals surface area contributed by atoms with Gasteiger partial charge in [-0.1, -0.05) is 19.3 Å². The number of nitrogens with one attached hydrogen (secondary N) is 2. The van der Waals surface area contributed by atoms with Crippen LogP contribution in [-0.4, -0.2) is 69.2 Å². The lowest BCUT2D eigenvalue weighted by Gasteiger charge is -2.26. The van der Waals surface area contributed by atoms with Gasteiger partial charge in [-0.05, 0) is 25.2 Å². The second kappa shape index (κ2) is 12.1. The van der Waals surface area contributed by atoms with Gasteiger partial charge in [0.1, 0.15) is 0 Å². The van der Waals surface area contributed by atoms with Crippen LogP contribution in [-0.2, 0) is 9.53 Å². The maximum absolute atomic E-state index is 11.9. The molecule has 1 amide bonds. The molecule has 7 heteroatoms. The number of guanidine groups is 1. The van der Waals surface area contributed by atoms with Crippen molar-refractivity contribution in [2.24, 2.45) is 16.6 Å². The maximum Gasteiger partial charge on any atom is 0.220 e. The molecule has 4 N–H and O–H groups in total. The molecule has 1 saturated heterocycles. The van der Waals surface area contributed by atoms with E-state index in [4.69, 9.17) is 10.5 Å². The summed E-state index contributed by atoms with van der Waals surface area (Å²) in [5.41, 5.74) is 5.85. The molecule has 0 atom stereocenters. The highest BCUT2D eigenvalue weighted by Gasteiger charge is 2.16. The summed E-state index contributed by atoms with van der Waals surface area (Å²) in [6.45, 7) is 6.67. The second-order valence-corrected chi connectivity index (χ2v) is 7.06. The van der Waals surface area contributed by atoms with Gasteiger partial charge in [0.15, 0.2) is 5.96 Å². The Morgan fingerprint density at radius 1 is 1.12 bits per heavy atom. The van der Waals surface area contributed by atoms with Crippen LogP contribution in [0.4, 0.5) is 0 Å². The van der Waals surface area contributed by atoms with E-state index in [2.05, 4.69) is 20.5 Å². The molecule has 144 valence electrons. The van der Waals surface area contributed by atoms with E-state index in [0.29, 0.717) is 31.4 Å². The highest BCUT2D eigenvalue weighted by molar-refractivity contribution is 5.78. The lowest BCUT2D eigenvalue weighted by Crippen LogP contribution is -2.39. The molecule has 1 aliphatic heterocycles. The first-order valence-electron chi connectivity index (χ1n) is 9.84. The molecule has 2 rings (SSSR count). The zero-order chi connectivity index (χ0) is 17.7. The minimum atomic E-state index is 0.162. The number of carbonyl (C=O) groups excluding carboxylic acids is 1. The molecule has 2 fully saturated rings. The summed E-state index contributed by atoms with van der Waals surface area (Å²) in [4.78, 5) is 18.6. The quantitative estimate of drug-likeness (QED) is 0.322. The Hall–Kier alpha value is -1.34. The van der Waals surface area contributed by atoms with Crippen LogP contribution in [0.3, 0.4) is 0 Å². The van der Waals surface area contributed by atoms with Gasteiger partial charge in [-0.25, -0.2) is 0 Å². The Morgan fingerprint density at radius 2 is 1.84 bits per heavy atom. The summed E-state index contributed by atoms with van der Waals surface area (Å²) in [5.74, 6) is 1.21. The molecule has 25 heavy (non-hydrogen) atoms. The Balaban J connectivity index is 1.45. The standard InChI is InChI=1S/C18H35N5O2/c19-18(21-7-4-10-23-11-13-25-14-12-23)22-9-8-20-17(24)15-16-5-2-1-3-6-16/h16H,1-15H2,(H,20,24)(H3,19,21,22). The summed E-state index contributed by atoms with van der Waals surface area (Å²) >= 11 is 0. The van der Waals surface area contributed by atoms with E-state index >= 15 is 0 Å². The summed E-state index contributed by atoms with van der Waals surface area (Å²) in [5, 5.41) is 6.02. The van der Waals surface area contributed by atoms with Crippen molar-refractivity contribution in [3.05, 3.63) is 0 Å². The van der Waals surface area contributed by atoms with Gasteiger partial charge in [0.25, 0.3) is 0 Å². The highest BCUT2D eigenvalue weighted by Crippen LogP contribution is 2.25. The Labute approximate surface area is 151 Å². The van der Waals surface area contributed by atoms with Gasteiger partial charge in [0, 0.05) is 45.7 Å². The molecule has 0 aromatic carbocycles. The van der Waals surface area contributed by atoms with E-state index in [1.54, 1.807) is 0 Å². The fraction of sp³-hybridized carbons (Fsp3) is 0.889. The minimum absolute atomic E-state index is 0.162. The Morgan fingerprint density at radius 3 is 2.60 bits per heavy atom. The summed E-state index contributed by atoms with van der Waals surface area (Å²) < 4.78 is 5.33. The molecule has 2 aliphatic rings. The molecule has 0 aromatic heterocycles. The van der Waals surface area contributed by atoms with Crippen molar-refractivity contribution in [1.29, 1.82) is 0 Å². The fourth-order valence-electron chi connectivity index (χ4n) is 3.49. The first-order chi connectivity index (χ1) is 12.2. The molecule has 7 nitrogen and oxygen atoms in total. The average molecular weight is 354 g/mol. The van der Waals surface area contributed by atoms with Crippen molar-refractivity contribution in [3.63, 3.8) is 0 Å². The van der Waals surface area contributed by atoms with Crippen LogP contribution < -0.4 is 16.4 Å². The zero-order valence-corrected chi connectivity index (χ0v) is 15.5. The van der Waals surface area contributed by atoms with Crippen molar-refractivity contribution in [2.75, 3.05) is 52.5 Å². The molecule has 1 aliphatic carbocycles. The monoisotopic (exact) mass is 353 g/mol. The smallest absolute Gasteiger partial charge is 0.220 e. The number of carbonyl (C=O) groups is 1. The van der Waals surface area contributed by atoms with Crippen molar-refractivity contribution >= 4 is 11.9 Å². The molecule has 0 spiro atoms. The predicted molar refractivity (Wildman–Crippen MR) is 101 cm³/mol. The third-order valence-electron chi connectivity index (χ3n) is 4.97. The van der Waals surface area contributed by atoms with Crippen molar-refractivity contribution in [1.82, 2.24) is 15.5 Å². The Bertz CT molecular complexity index is 404. The molecular weight excluding hydrogens is 318 g/mol. The zero-order valence-electron chi connectivity index (χ0n) is 15.5. The molecule has 1 saturated carbocycles. The van der Waals surface area contributed by atoms with Crippen LogP contribution in [0.25, 0.3) is 0 Å². The van der Waals surface area contributed by atoms with E-state index in [-0.39, 0.29) is 5.91 Å². The van der Waals surface area contributed by atoms with Gasteiger partial charge in [0.05, 0.1) is 13.2 Å². The van der Waals surface area contributed by atoms with Gasteiger partial charge in [-0.15, -0.1) is 0 Å². The SMILES string of the molecule is NC(=NCCCN1CCOCC1)NCCNC(=O)CC1CCCCC1. The number of morpholine rings is 1. The van der Waals surface area contributed by atoms with E-state index in [0.717, 1.165) is 45.8 Å². The van der Waals surface area contributed by atoms with E-state index in [1.807, 2.05) is 0 Å². The van der Waals surface area contributed by atoms with Gasteiger partial charge >= 0.3 is 0 Å². The third-order valence-corrected chi connectivity index (χ3v) is 4.97. The van der Waals surface area contributed by atoms with E-state index in [1.165, 1.54) is 32.1 Å². The van der Waals surface area contributed by atoms with Crippen LogP contribution in [0.2, 0.25) is 0 Å². The number of ether oxygens (including phenoxy) is 1. The third kappa shape index (κ3) is 9.07. The number of rotatable bonds is 9. The minimum Gasteiger partial charge on any atom is -0.379 e. The summed E-state index contributed by atoms with van der Waals surface area (Å²) in [6, 6.07) is 0. The van der Waals surface area contributed by atoms with Gasteiger partial charge in [-0.2, -0.15) is 0 Å². The number of nitrogens with zero attached hydrogens (tertiary/aromatic N) is 2. The van der Waals surface area contributed by atoms with Crippen LogP contribution in [0.5, 0.6) is 0 Å². The summed E-state index contributed by atoms with van der Waals surface area (Å²) in [6.07, 6.45) is 7.96. The van der Waals surface area contributed by atoms with E-state index in [9.17, 15) is 4.79 Å². The van der Waals surface area contributed by atoms with Crippen molar-refractivity contribution in [2.45, 2.75) is 44.9 Å². The largest absolute Gasteiger partial charge is 0.379 e. The second-order valence-electron chi connectivity index (χ2n) is 7.06. The van der Waals surface area contributed by atoms with Crippen molar-refractivity contribution < 1.29 is 9.53 Å². The lowest BCUT2D eigenvalue weighted by atomic mass is 9.87. The topological polar surface area (TPSA) is 92.0 Å². The van der Waals surface area contributed by atoms with Gasteiger partial charge in [-0.3, -0.25) is 14.7 Å². The fourth-order valence-corrected chi connectivity index (χ4v) is 3.49. The average Bonchev–Trinajstić information content (AvgIpc) is 2.64. The highest BCUT2D eigenvalue weighted by atomic mass is 16.5. The van der Waals surface area contributed by atoms with Crippen LogP contribution >= 0.6 is 0 Å². The molecule has 0 bridgehead atoms. The first-order valence-corrected chi connectivity index (χ1v) is 9.84. The number of nitrogens with two attached hydrogens (primary N) is 1. The van der Waals surface area contributed by atoms with Gasteiger partial charge in [0.2, 0.25) is 5.91 Å². The first kappa shape index (κ1) is 20.0. The number of hydrogen-bond donors (Lipinski definition) is 3. The molecule has 0 unspecified atom stereocenters. The Kier molecular flexibility index (Phi) is 9.66. The summed E-state index contributed by atoms with van der Waals surface area (Å²) in [7, 11) is 0. The lowest BCUT2D eigenvalue weighted by molar-refractivity contribution is -0.122. The van der Waals surface area contributed by atoms with Crippen LogP contribution in [0, 0.1) is 5.92 Å². The number of amides is 1. The maximum atomic E-state index is 11.9. The molecule has 1 heterocycles. The normalized spacial score (nSPS) is 20.4. The molecular formula is C18H35N5O2. The predicted octanol–water partition coefficient (Wildman–Crippen LogP) is 0.700. The molecule has 0 aromatic rings. The van der Waals surface area contributed by atoms with E-state index < -0.39 is 0 Å². The number of hydrogen-bond acceptors (Lipinski definition) is 4. The van der Waals surface area contributed by atoms with Crippen LogP contribution in [0.1, 0.15) is 44.9 Å². The van der Waals surface area contributed by atoms with Crippen LogP contribution in [0.15, 0.2) is 4.99 Å². The van der Waals surface area contributed by atoms with Gasteiger partial charge < -0.3 is 21.1 Å². The number of aliphatic imine (C=N–C) groups is 1. The molecule has 0 radical (unpaired) electrons. The van der Waals surface area contributed by atoms with Crippen molar-refractivity contribution in [3.8, 4) is 0 Å².